The molecule has 0 spiro atoms. The van der Waals surface area contributed by atoms with E-state index in [9.17, 15) is 0 Å². The first-order valence-corrected chi connectivity index (χ1v) is 8.56. The molecule has 0 rings (SSSR count). The van der Waals surface area contributed by atoms with Crippen molar-refractivity contribution in [1.29, 1.82) is 0 Å². The van der Waals surface area contributed by atoms with Crippen molar-refractivity contribution in [3.05, 3.63) is 36.5 Å². The van der Waals surface area contributed by atoms with Gasteiger partial charge in [0.2, 0.25) is 0 Å². The molecular formula is C17H29Br. The molecule has 0 saturated carbocycles. The molecular weight excluding hydrogens is 284 g/mol. The van der Waals surface area contributed by atoms with Crippen LogP contribution in [0.15, 0.2) is 36.5 Å². The van der Waals surface area contributed by atoms with Gasteiger partial charge in [0, 0.05) is 5.33 Å². The molecule has 0 radical (unpaired) electrons. The fourth-order valence-corrected chi connectivity index (χ4v) is 2.04. The van der Waals surface area contributed by atoms with Crippen LogP contribution >= 0.6 is 15.9 Å². The first-order chi connectivity index (χ1) is 8.91. The number of rotatable bonds is 12. The maximum Gasteiger partial charge on any atom is 0.00314 e. The molecule has 0 aromatic heterocycles. The zero-order valence-corrected chi connectivity index (χ0v) is 13.5. The summed E-state index contributed by atoms with van der Waals surface area (Å²) >= 11 is 3.45. The van der Waals surface area contributed by atoms with Crippen LogP contribution in [0, 0.1) is 0 Å². The molecule has 0 saturated heterocycles. The summed E-state index contributed by atoms with van der Waals surface area (Å²) in [7, 11) is 0. The van der Waals surface area contributed by atoms with Crippen LogP contribution in [0.5, 0.6) is 0 Å². The van der Waals surface area contributed by atoms with Crippen LogP contribution in [0.1, 0.15) is 64.7 Å². The molecule has 0 bridgehead atoms. The summed E-state index contributed by atoms with van der Waals surface area (Å²) in [5.41, 5.74) is 0. The van der Waals surface area contributed by atoms with Crippen LogP contribution in [-0.2, 0) is 0 Å². The van der Waals surface area contributed by atoms with Crippen molar-refractivity contribution in [3.8, 4) is 0 Å². The molecule has 0 aliphatic rings. The Morgan fingerprint density at radius 2 is 1.22 bits per heavy atom. The van der Waals surface area contributed by atoms with Gasteiger partial charge < -0.3 is 0 Å². The van der Waals surface area contributed by atoms with Crippen molar-refractivity contribution in [2.45, 2.75) is 64.7 Å². The fraction of sp³-hybridized carbons (Fsp3) is 0.647. The van der Waals surface area contributed by atoms with Gasteiger partial charge in [-0.25, -0.2) is 0 Å². The maximum absolute atomic E-state index is 3.45. The van der Waals surface area contributed by atoms with Gasteiger partial charge in [0.15, 0.2) is 0 Å². The first kappa shape index (κ1) is 17.7. The molecule has 0 aromatic carbocycles. The lowest BCUT2D eigenvalue weighted by Crippen LogP contribution is -1.73. The van der Waals surface area contributed by atoms with Gasteiger partial charge in [0.05, 0.1) is 0 Å². The Kier molecular flexibility index (Phi) is 16.4. The smallest absolute Gasteiger partial charge is 0.00314 e. The monoisotopic (exact) mass is 312 g/mol. The molecule has 1 heteroatoms. The van der Waals surface area contributed by atoms with Gasteiger partial charge in [-0.05, 0) is 44.9 Å². The third-order valence-corrected chi connectivity index (χ3v) is 3.34. The molecule has 0 aliphatic heterocycles. The number of hydrogen-bond acceptors (Lipinski definition) is 0. The Hall–Kier alpha value is -0.300. The highest BCUT2D eigenvalue weighted by atomic mass is 79.9. The third-order valence-electron chi connectivity index (χ3n) is 2.78. The van der Waals surface area contributed by atoms with E-state index in [1.54, 1.807) is 0 Å². The molecule has 0 heterocycles. The predicted octanol–water partition coefficient (Wildman–Crippen LogP) is 6.58. The first-order valence-electron chi connectivity index (χ1n) is 7.44. The van der Waals surface area contributed by atoms with E-state index >= 15 is 0 Å². The van der Waals surface area contributed by atoms with Crippen molar-refractivity contribution in [2.24, 2.45) is 0 Å². The van der Waals surface area contributed by atoms with E-state index in [-0.39, 0.29) is 0 Å². The minimum Gasteiger partial charge on any atom is -0.0928 e. The fourth-order valence-electron chi connectivity index (χ4n) is 1.65. The molecule has 0 aromatic rings. The van der Waals surface area contributed by atoms with Gasteiger partial charge >= 0.3 is 0 Å². The second-order valence-electron chi connectivity index (χ2n) is 4.59. The average Bonchev–Trinajstić information content (AvgIpc) is 2.39. The van der Waals surface area contributed by atoms with E-state index in [0.717, 1.165) is 11.8 Å². The maximum atomic E-state index is 3.45. The summed E-state index contributed by atoms with van der Waals surface area (Å²) in [6.45, 7) is 2.25. The zero-order chi connectivity index (χ0) is 13.3. The van der Waals surface area contributed by atoms with Gasteiger partial charge in [-0.3, -0.25) is 0 Å². The van der Waals surface area contributed by atoms with Crippen molar-refractivity contribution in [3.63, 3.8) is 0 Å². The highest BCUT2D eigenvalue weighted by Crippen LogP contribution is 2.02. The van der Waals surface area contributed by atoms with Crippen LogP contribution in [0.4, 0.5) is 0 Å². The second-order valence-corrected chi connectivity index (χ2v) is 5.38. The van der Waals surface area contributed by atoms with E-state index in [0.29, 0.717) is 0 Å². The predicted molar refractivity (Wildman–Crippen MR) is 88.4 cm³/mol. The van der Waals surface area contributed by atoms with E-state index in [2.05, 4.69) is 59.3 Å². The molecule has 0 N–H and O–H groups in total. The number of hydrogen-bond donors (Lipinski definition) is 0. The minimum absolute atomic E-state index is 1.13. The minimum atomic E-state index is 1.13. The lowest BCUT2D eigenvalue weighted by Gasteiger charge is -1.91. The van der Waals surface area contributed by atoms with Crippen molar-refractivity contribution in [2.75, 3.05) is 5.33 Å². The van der Waals surface area contributed by atoms with Crippen LogP contribution in [-0.4, -0.2) is 5.33 Å². The highest BCUT2D eigenvalue weighted by molar-refractivity contribution is 9.09. The van der Waals surface area contributed by atoms with E-state index in [1.807, 2.05) is 0 Å². The Morgan fingerprint density at radius 1 is 0.667 bits per heavy atom. The summed E-state index contributed by atoms with van der Waals surface area (Å²) in [6.07, 6.45) is 24.9. The van der Waals surface area contributed by atoms with Gasteiger partial charge in [-0.2, -0.15) is 0 Å². The Balaban J connectivity index is 3.26. The summed E-state index contributed by atoms with van der Waals surface area (Å²) < 4.78 is 0. The van der Waals surface area contributed by atoms with Gasteiger partial charge in [-0.1, -0.05) is 72.2 Å². The summed E-state index contributed by atoms with van der Waals surface area (Å²) in [5, 5.41) is 1.13. The normalized spacial score (nSPS) is 12.3. The number of unbranched alkanes of at least 4 members (excludes halogenated alkanes) is 6. The lowest BCUT2D eigenvalue weighted by molar-refractivity contribution is 0.729. The Labute approximate surface area is 122 Å². The molecule has 0 fully saturated rings. The second kappa shape index (κ2) is 16.7. The van der Waals surface area contributed by atoms with Crippen LogP contribution in [0.25, 0.3) is 0 Å². The average molecular weight is 313 g/mol. The summed E-state index contributed by atoms with van der Waals surface area (Å²) in [6, 6.07) is 0. The zero-order valence-electron chi connectivity index (χ0n) is 11.9. The quantitative estimate of drug-likeness (QED) is 0.165. The van der Waals surface area contributed by atoms with Crippen molar-refractivity contribution in [1.82, 2.24) is 0 Å². The van der Waals surface area contributed by atoms with Crippen LogP contribution in [0.2, 0.25) is 0 Å². The van der Waals surface area contributed by atoms with Crippen molar-refractivity contribution >= 4 is 15.9 Å². The van der Waals surface area contributed by atoms with Crippen LogP contribution in [0.3, 0.4) is 0 Å². The molecule has 0 atom stereocenters. The molecule has 0 unspecified atom stereocenters. The molecule has 104 valence electrons. The number of alkyl halides is 1. The third kappa shape index (κ3) is 15.7. The van der Waals surface area contributed by atoms with E-state index < -0.39 is 0 Å². The summed E-state index contributed by atoms with van der Waals surface area (Å²) in [4.78, 5) is 0. The Morgan fingerprint density at radius 3 is 1.94 bits per heavy atom. The van der Waals surface area contributed by atoms with E-state index in [4.69, 9.17) is 0 Å². The van der Waals surface area contributed by atoms with Gasteiger partial charge in [-0.15, -0.1) is 0 Å². The van der Waals surface area contributed by atoms with Gasteiger partial charge in [0.1, 0.15) is 0 Å². The van der Waals surface area contributed by atoms with Gasteiger partial charge in [0.25, 0.3) is 0 Å². The van der Waals surface area contributed by atoms with Crippen LogP contribution < -0.4 is 0 Å². The molecule has 0 amide bonds. The standard InChI is InChI=1S/C17H29Br/c1-2-3-4-5-6-7-8-9-10-11-12-13-14-15-16-17-18/h6-9,12-13H,2-5,10-11,14-17H2,1H3. The van der Waals surface area contributed by atoms with E-state index in [1.165, 1.54) is 51.4 Å². The Bertz CT molecular complexity index is 226. The summed E-state index contributed by atoms with van der Waals surface area (Å²) in [5.74, 6) is 0. The molecule has 0 aliphatic carbocycles. The highest BCUT2D eigenvalue weighted by Gasteiger charge is 1.82. The SMILES string of the molecule is CCCCCC=CC=CCCC=CCCCCBr. The molecule has 18 heavy (non-hydrogen) atoms. The largest absolute Gasteiger partial charge is 0.0928 e. The topological polar surface area (TPSA) is 0 Å². The lowest BCUT2D eigenvalue weighted by atomic mass is 10.2. The number of halogens is 1. The molecule has 0 nitrogen and oxygen atoms in total. The van der Waals surface area contributed by atoms with Crippen molar-refractivity contribution < 1.29 is 0 Å². The number of allylic oxidation sites excluding steroid dienone is 6.